The minimum atomic E-state index is 0. The minimum Gasteiger partial charge on any atom is -0.373 e. The Morgan fingerprint density at radius 1 is 1.17 bits per heavy atom. The number of hydrogen-bond acceptors (Lipinski definition) is 3. The summed E-state index contributed by atoms with van der Waals surface area (Å²) < 4.78 is 5.99. The molecule has 2 unspecified atom stereocenters. The van der Waals surface area contributed by atoms with Crippen molar-refractivity contribution in [3.05, 3.63) is 35.9 Å². The maximum absolute atomic E-state index is 12.3. The van der Waals surface area contributed by atoms with Gasteiger partial charge in [0.1, 0.15) is 0 Å². The molecule has 0 aliphatic carbocycles. The smallest absolute Gasteiger partial charge is 0.223 e. The summed E-state index contributed by atoms with van der Waals surface area (Å²) in [6.45, 7) is 3.45. The number of amides is 1. The monoisotopic (exact) mass is 338 g/mol. The number of piperidine rings is 1. The summed E-state index contributed by atoms with van der Waals surface area (Å²) in [5.41, 5.74) is 1.23. The van der Waals surface area contributed by atoms with Gasteiger partial charge in [-0.15, -0.1) is 12.4 Å². The van der Waals surface area contributed by atoms with E-state index in [0.717, 1.165) is 51.9 Å². The van der Waals surface area contributed by atoms with Crippen LogP contribution in [0.1, 0.15) is 37.4 Å². The van der Waals surface area contributed by atoms with Crippen LogP contribution < -0.4 is 10.6 Å². The van der Waals surface area contributed by atoms with Gasteiger partial charge in [0.25, 0.3) is 0 Å². The quantitative estimate of drug-likeness (QED) is 0.887. The first-order valence-electron chi connectivity index (χ1n) is 8.49. The van der Waals surface area contributed by atoms with Crippen molar-refractivity contribution in [2.45, 2.75) is 31.8 Å². The van der Waals surface area contributed by atoms with Crippen LogP contribution in [0, 0.1) is 11.8 Å². The van der Waals surface area contributed by atoms with Crippen molar-refractivity contribution in [2.24, 2.45) is 11.8 Å². The maximum Gasteiger partial charge on any atom is 0.223 e. The Morgan fingerprint density at radius 3 is 2.65 bits per heavy atom. The van der Waals surface area contributed by atoms with Crippen molar-refractivity contribution >= 4 is 18.3 Å². The molecule has 1 aromatic rings. The van der Waals surface area contributed by atoms with Crippen molar-refractivity contribution in [3.8, 4) is 0 Å². The molecule has 0 aromatic heterocycles. The lowest BCUT2D eigenvalue weighted by atomic mass is 9.89. The summed E-state index contributed by atoms with van der Waals surface area (Å²) in [6.07, 6.45) is 4.22. The molecule has 0 radical (unpaired) electrons. The van der Waals surface area contributed by atoms with E-state index in [4.69, 9.17) is 4.74 Å². The molecule has 1 amide bonds. The molecule has 2 aliphatic rings. The van der Waals surface area contributed by atoms with Crippen LogP contribution in [0.25, 0.3) is 0 Å². The van der Waals surface area contributed by atoms with Crippen LogP contribution in [0.15, 0.2) is 30.3 Å². The first-order valence-corrected chi connectivity index (χ1v) is 8.49. The Hall–Kier alpha value is -1.10. The number of rotatable bonds is 4. The third kappa shape index (κ3) is 4.93. The normalized spacial score (nSPS) is 25.4. The van der Waals surface area contributed by atoms with Gasteiger partial charge < -0.3 is 15.4 Å². The Bertz CT molecular complexity index is 477. The van der Waals surface area contributed by atoms with Crippen LogP contribution in [-0.4, -0.2) is 32.1 Å². The second kappa shape index (κ2) is 9.26. The van der Waals surface area contributed by atoms with Crippen LogP contribution >= 0.6 is 12.4 Å². The fourth-order valence-electron chi connectivity index (χ4n) is 3.52. The first kappa shape index (κ1) is 18.2. The average Bonchev–Trinajstić information content (AvgIpc) is 2.61. The predicted octanol–water partition coefficient (Wildman–Crippen LogP) is 2.69. The van der Waals surface area contributed by atoms with Gasteiger partial charge in [0.05, 0.1) is 6.10 Å². The van der Waals surface area contributed by atoms with Crippen molar-refractivity contribution < 1.29 is 9.53 Å². The van der Waals surface area contributed by atoms with E-state index in [9.17, 15) is 4.79 Å². The Kier molecular flexibility index (Phi) is 7.34. The maximum atomic E-state index is 12.3. The highest BCUT2D eigenvalue weighted by atomic mass is 35.5. The number of hydrogen-bond donors (Lipinski definition) is 2. The van der Waals surface area contributed by atoms with Crippen molar-refractivity contribution in [1.82, 2.24) is 10.6 Å². The topological polar surface area (TPSA) is 50.4 Å². The molecule has 2 aliphatic heterocycles. The Balaban J connectivity index is 0.00000192. The van der Waals surface area contributed by atoms with Gasteiger partial charge in [0, 0.05) is 25.0 Å². The number of halogens is 1. The van der Waals surface area contributed by atoms with E-state index in [1.165, 1.54) is 5.56 Å². The van der Waals surface area contributed by atoms with Gasteiger partial charge in [-0.25, -0.2) is 0 Å². The third-order valence-electron chi connectivity index (χ3n) is 4.82. The molecule has 3 rings (SSSR count). The van der Waals surface area contributed by atoms with Gasteiger partial charge in [-0.1, -0.05) is 30.3 Å². The Morgan fingerprint density at radius 2 is 1.91 bits per heavy atom. The molecule has 2 heterocycles. The summed E-state index contributed by atoms with van der Waals surface area (Å²) in [4.78, 5) is 12.3. The fraction of sp³-hybridized carbons (Fsp3) is 0.611. The van der Waals surface area contributed by atoms with E-state index in [0.29, 0.717) is 5.92 Å². The molecule has 4 nitrogen and oxygen atoms in total. The zero-order valence-electron chi connectivity index (χ0n) is 13.5. The number of carbonyl (C=O) groups excluding carboxylic acids is 1. The first-order chi connectivity index (χ1) is 10.8. The fourth-order valence-corrected chi connectivity index (χ4v) is 3.52. The summed E-state index contributed by atoms with van der Waals surface area (Å²) in [5, 5.41) is 6.48. The van der Waals surface area contributed by atoms with E-state index >= 15 is 0 Å². The van der Waals surface area contributed by atoms with Gasteiger partial charge >= 0.3 is 0 Å². The van der Waals surface area contributed by atoms with E-state index in [1.807, 2.05) is 6.07 Å². The second-order valence-electron chi connectivity index (χ2n) is 6.37. The lowest BCUT2D eigenvalue weighted by molar-refractivity contribution is -0.126. The highest BCUT2D eigenvalue weighted by Gasteiger charge is 2.29. The van der Waals surface area contributed by atoms with Gasteiger partial charge in [-0.05, 0) is 44.3 Å². The molecule has 1 aromatic carbocycles. The number of carbonyl (C=O) groups is 1. The molecule has 23 heavy (non-hydrogen) atoms. The minimum absolute atomic E-state index is 0. The molecule has 2 fully saturated rings. The van der Waals surface area contributed by atoms with Gasteiger partial charge in [0.15, 0.2) is 0 Å². The lowest BCUT2D eigenvalue weighted by Gasteiger charge is -2.33. The van der Waals surface area contributed by atoms with Crippen LogP contribution in [-0.2, 0) is 9.53 Å². The molecular weight excluding hydrogens is 312 g/mol. The molecule has 2 N–H and O–H groups in total. The highest BCUT2D eigenvalue weighted by molar-refractivity contribution is 5.85. The van der Waals surface area contributed by atoms with Gasteiger partial charge in [0.2, 0.25) is 5.91 Å². The molecule has 128 valence electrons. The van der Waals surface area contributed by atoms with E-state index in [2.05, 4.69) is 34.9 Å². The molecule has 2 atom stereocenters. The number of nitrogens with one attached hydrogen (secondary N) is 2. The molecule has 0 spiro atoms. The molecule has 0 bridgehead atoms. The molecular formula is C18H27ClN2O2. The predicted molar refractivity (Wildman–Crippen MR) is 93.7 cm³/mol. The van der Waals surface area contributed by atoms with Crippen molar-refractivity contribution in [2.75, 3.05) is 26.2 Å². The lowest BCUT2D eigenvalue weighted by Crippen LogP contribution is -2.41. The average molecular weight is 339 g/mol. The van der Waals surface area contributed by atoms with Crippen molar-refractivity contribution in [3.63, 3.8) is 0 Å². The van der Waals surface area contributed by atoms with Gasteiger partial charge in [-0.3, -0.25) is 4.79 Å². The standard InChI is InChI=1S/C18H26N2O2.ClH/c21-18(15-8-10-19-11-9-15)20-13-16-7-4-12-22-17(16)14-5-2-1-3-6-14;/h1-3,5-6,15-17,19H,4,7-13H2,(H,20,21);1H. The number of ether oxygens (including phenoxy) is 1. The summed E-state index contributed by atoms with van der Waals surface area (Å²) in [7, 11) is 0. The van der Waals surface area contributed by atoms with Crippen LogP contribution in [0.4, 0.5) is 0 Å². The molecule has 5 heteroatoms. The second-order valence-corrected chi connectivity index (χ2v) is 6.37. The van der Waals surface area contributed by atoms with Crippen LogP contribution in [0.2, 0.25) is 0 Å². The zero-order chi connectivity index (χ0) is 15.2. The summed E-state index contributed by atoms with van der Waals surface area (Å²) in [5.74, 6) is 0.779. The van der Waals surface area contributed by atoms with Crippen LogP contribution in [0.5, 0.6) is 0 Å². The van der Waals surface area contributed by atoms with Crippen LogP contribution in [0.3, 0.4) is 0 Å². The van der Waals surface area contributed by atoms with Crippen molar-refractivity contribution in [1.29, 1.82) is 0 Å². The highest BCUT2D eigenvalue weighted by Crippen LogP contribution is 2.33. The third-order valence-corrected chi connectivity index (χ3v) is 4.82. The molecule has 2 saturated heterocycles. The number of benzene rings is 1. The summed E-state index contributed by atoms with van der Waals surface area (Å²) >= 11 is 0. The van der Waals surface area contributed by atoms with Gasteiger partial charge in [-0.2, -0.15) is 0 Å². The van der Waals surface area contributed by atoms with E-state index in [1.54, 1.807) is 0 Å². The van der Waals surface area contributed by atoms with E-state index in [-0.39, 0.29) is 30.3 Å². The zero-order valence-corrected chi connectivity index (χ0v) is 14.3. The van der Waals surface area contributed by atoms with E-state index < -0.39 is 0 Å². The Labute approximate surface area is 144 Å². The molecule has 0 saturated carbocycles. The largest absolute Gasteiger partial charge is 0.373 e. The summed E-state index contributed by atoms with van der Waals surface area (Å²) in [6, 6.07) is 10.4. The SMILES string of the molecule is Cl.O=C(NCC1CCCOC1c1ccccc1)C1CCNCC1.